The van der Waals surface area contributed by atoms with Crippen LogP contribution in [-0.4, -0.2) is 27.2 Å². The maximum atomic E-state index is 14.6. The number of aryl methyl sites for hydroxylation is 1. The SMILES string of the molecule is Nc1nc(-n2cc(C(=O)O)c(=O)c3ccc4c(c32)CCCNC4)c(F)cc1F. The molecule has 0 saturated carbocycles. The van der Waals surface area contributed by atoms with Crippen LogP contribution in [-0.2, 0) is 13.0 Å². The van der Waals surface area contributed by atoms with E-state index < -0.39 is 34.4 Å². The van der Waals surface area contributed by atoms with Crippen molar-refractivity contribution in [2.45, 2.75) is 19.4 Å². The summed E-state index contributed by atoms with van der Waals surface area (Å²) in [6.07, 6.45) is 2.40. The van der Waals surface area contributed by atoms with Gasteiger partial charge >= 0.3 is 5.97 Å². The van der Waals surface area contributed by atoms with Crippen molar-refractivity contribution in [1.82, 2.24) is 14.9 Å². The van der Waals surface area contributed by atoms with E-state index in [9.17, 15) is 23.5 Å². The molecule has 7 nitrogen and oxygen atoms in total. The fraction of sp³-hybridized carbons (Fsp3) is 0.211. The number of benzene rings is 1. The van der Waals surface area contributed by atoms with Gasteiger partial charge in [-0.1, -0.05) is 6.07 Å². The zero-order valence-corrected chi connectivity index (χ0v) is 14.6. The van der Waals surface area contributed by atoms with Crippen molar-refractivity contribution in [2.24, 2.45) is 0 Å². The number of aromatic carboxylic acids is 1. The van der Waals surface area contributed by atoms with Crippen LogP contribution in [0, 0.1) is 11.6 Å². The van der Waals surface area contributed by atoms with Crippen molar-refractivity contribution in [2.75, 3.05) is 12.3 Å². The minimum Gasteiger partial charge on any atom is -0.477 e. The summed E-state index contributed by atoms with van der Waals surface area (Å²) in [5.41, 5.74) is 6.36. The van der Waals surface area contributed by atoms with E-state index in [1.807, 2.05) is 0 Å². The van der Waals surface area contributed by atoms with Gasteiger partial charge in [0.1, 0.15) is 5.56 Å². The molecule has 0 spiro atoms. The van der Waals surface area contributed by atoms with E-state index in [-0.39, 0.29) is 11.2 Å². The van der Waals surface area contributed by atoms with Gasteiger partial charge in [-0.2, -0.15) is 0 Å². The minimum atomic E-state index is -1.45. The molecule has 4 rings (SSSR count). The fourth-order valence-electron chi connectivity index (χ4n) is 3.55. The number of nitrogens with two attached hydrogens (primary N) is 1. The molecule has 0 unspecified atom stereocenters. The second-order valence-corrected chi connectivity index (χ2v) is 6.59. The van der Waals surface area contributed by atoms with Gasteiger partial charge in [0.2, 0.25) is 5.43 Å². The van der Waals surface area contributed by atoms with Crippen molar-refractivity contribution in [3.8, 4) is 5.82 Å². The highest BCUT2D eigenvalue weighted by atomic mass is 19.1. The van der Waals surface area contributed by atoms with Gasteiger partial charge in [-0.15, -0.1) is 0 Å². The Morgan fingerprint density at radius 3 is 2.82 bits per heavy atom. The van der Waals surface area contributed by atoms with Crippen LogP contribution in [0.5, 0.6) is 0 Å². The van der Waals surface area contributed by atoms with E-state index in [0.717, 1.165) is 30.3 Å². The number of hydrogen-bond donors (Lipinski definition) is 3. The van der Waals surface area contributed by atoms with Crippen LogP contribution in [0.15, 0.2) is 29.2 Å². The molecule has 28 heavy (non-hydrogen) atoms. The van der Waals surface area contributed by atoms with Crippen molar-refractivity contribution in [3.63, 3.8) is 0 Å². The summed E-state index contributed by atoms with van der Waals surface area (Å²) in [7, 11) is 0. The Morgan fingerprint density at radius 1 is 1.29 bits per heavy atom. The molecular weight excluding hydrogens is 370 g/mol. The first-order valence-electron chi connectivity index (χ1n) is 8.64. The molecule has 0 saturated heterocycles. The summed E-state index contributed by atoms with van der Waals surface area (Å²) in [5, 5.41) is 12.8. The van der Waals surface area contributed by atoms with Gasteiger partial charge in [0.25, 0.3) is 0 Å². The minimum absolute atomic E-state index is 0.129. The predicted molar refractivity (Wildman–Crippen MR) is 98.7 cm³/mol. The largest absolute Gasteiger partial charge is 0.477 e. The molecule has 0 aliphatic carbocycles. The van der Waals surface area contributed by atoms with Gasteiger partial charge in [0.05, 0.1) is 5.52 Å². The monoisotopic (exact) mass is 386 g/mol. The molecule has 2 aromatic heterocycles. The highest BCUT2D eigenvalue weighted by Gasteiger charge is 2.22. The number of carboxylic acids is 1. The Bertz CT molecular complexity index is 1190. The Morgan fingerprint density at radius 2 is 2.07 bits per heavy atom. The van der Waals surface area contributed by atoms with E-state index >= 15 is 0 Å². The molecule has 0 atom stereocenters. The fourth-order valence-corrected chi connectivity index (χ4v) is 3.55. The quantitative estimate of drug-likeness (QED) is 0.621. The summed E-state index contributed by atoms with van der Waals surface area (Å²) in [6.45, 7) is 1.32. The van der Waals surface area contributed by atoms with Gasteiger partial charge < -0.3 is 16.2 Å². The number of halogens is 2. The summed E-state index contributed by atoms with van der Waals surface area (Å²) < 4.78 is 29.4. The molecule has 3 heterocycles. The standard InChI is InChI=1S/C19H16F2N4O3/c20-13-6-14(21)18(24-17(13)22)25-8-12(19(27)28)16(26)11-4-3-9-7-23-5-1-2-10(9)15(11)25/h3-4,6,8,23H,1-2,5,7H2,(H2,22,24)(H,27,28). The predicted octanol–water partition coefficient (Wildman–Crippen LogP) is 1.98. The Labute approximate surface area is 157 Å². The average molecular weight is 386 g/mol. The smallest absolute Gasteiger partial charge is 0.341 e. The third kappa shape index (κ3) is 2.80. The molecule has 9 heteroatoms. The van der Waals surface area contributed by atoms with Crippen molar-refractivity contribution < 1.29 is 18.7 Å². The number of carboxylic acid groups (broad SMARTS) is 1. The summed E-state index contributed by atoms with van der Waals surface area (Å²) in [6, 6.07) is 3.87. The number of nitrogen functional groups attached to an aromatic ring is 1. The summed E-state index contributed by atoms with van der Waals surface area (Å²) >= 11 is 0. The molecule has 4 N–H and O–H groups in total. The van der Waals surface area contributed by atoms with E-state index in [0.29, 0.717) is 24.5 Å². The first-order chi connectivity index (χ1) is 13.4. The number of fused-ring (bicyclic) bond motifs is 3. The number of carbonyl (C=O) groups is 1. The third-order valence-electron chi connectivity index (χ3n) is 4.86. The molecule has 0 fully saturated rings. The number of nitrogens with zero attached hydrogens (tertiary/aromatic N) is 2. The Hall–Kier alpha value is -3.33. The molecule has 3 aromatic rings. The van der Waals surface area contributed by atoms with Gasteiger partial charge in [-0.05, 0) is 36.6 Å². The summed E-state index contributed by atoms with van der Waals surface area (Å²) in [4.78, 5) is 28.1. The molecule has 1 aromatic carbocycles. The highest BCUT2D eigenvalue weighted by Crippen LogP contribution is 2.28. The maximum Gasteiger partial charge on any atom is 0.341 e. The first-order valence-corrected chi connectivity index (χ1v) is 8.64. The molecular formula is C19H16F2N4O3. The van der Waals surface area contributed by atoms with Gasteiger partial charge in [0.15, 0.2) is 23.3 Å². The molecule has 144 valence electrons. The lowest BCUT2D eigenvalue weighted by molar-refractivity contribution is 0.0695. The van der Waals surface area contributed by atoms with E-state index in [1.54, 1.807) is 6.07 Å². The number of nitrogens with one attached hydrogen (secondary N) is 1. The number of aromatic nitrogens is 2. The lowest BCUT2D eigenvalue weighted by Crippen LogP contribution is -2.21. The van der Waals surface area contributed by atoms with Crippen LogP contribution in [0.1, 0.15) is 27.9 Å². The molecule has 0 amide bonds. The first kappa shape index (κ1) is 18.1. The second-order valence-electron chi connectivity index (χ2n) is 6.59. The topological polar surface area (TPSA) is 110 Å². The third-order valence-corrected chi connectivity index (χ3v) is 4.86. The van der Waals surface area contributed by atoms with Crippen LogP contribution in [0.3, 0.4) is 0 Å². The normalized spacial score (nSPS) is 13.9. The maximum absolute atomic E-state index is 14.6. The molecule has 0 bridgehead atoms. The molecule has 1 aliphatic heterocycles. The van der Waals surface area contributed by atoms with Crippen molar-refractivity contribution in [3.05, 3.63) is 62.9 Å². The van der Waals surface area contributed by atoms with E-state index in [1.165, 1.54) is 10.6 Å². The zero-order valence-electron chi connectivity index (χ0n) is 14.6. The van der Waals surface area contributed by atoms with Crippen LogP contribution >= 0.6 is 0 Å². The van der Waals surface area contributed by atoms with Crippen molar-refractivity contribution in [1.29, 1.82) is 0 Å². The highest BCUT2D eigenvalue weighted by molar-refractivity contribution is 5.94. The van der Waals surface area contributed by atoms with Crippen LogP contribution in [0.25, 0.3) is 16.7 Å². The average Bonchev–Trinajstić information content (AvgIpc) is 2.90. The molecule has 0 radical (unpaired) electrons. The van der Waals surface area contributed by atoms with Crippen LogP contribution in [0.2, 0.25) is 0 Å². The van der Waals surface area contributed by atoms with E-state index in [4.69, 9.17) is 5.73 Å². The van der Waals surface area contributed by atoms with E-state index in [2.05, 4.69) is 10.3 Å². The lowest BCUT2D eigenvalue weighted by Gasteiger charge is -2.17. The van der Waals surface area contributed by atoms with Crippen molar-refractivity contribution >= 4 is 22.7 Å². The number of anilines is 1. The summed E-state index contributed by atoms with van der Waals surface area (Å²) in [5.74, 6) is -4.38. The number of rotatable bonds is 2. The lowest BCUT2D eigenvalue weighted by atomic mass is 9.98. The Balaban J connectivity index is 2.18. The molecule has 1 aliphatic rings. The van der Waals surface area contributed by atoms with Gasteiger partial charge in [-0.3, -0.25) is 9.36 Å². The number of pyridine rings is 2. The second kappa shape index (κ2) is 6.68. The van der Waals surface area contributed by atoms with Gasteiger partial charge in [0, 0.05) is 24.2 Å². The number of hydrogen-bond acceptors (Lipinski definition) is 5. The Kier molecular flexibility index (Phi) is 4.31. The zero-order chi connectivity index (χ0) is 20.0. The van der Waals surface area contributed by atoms with Crippen LogP contribution < -0.4 is 16.5 Å². The van der Waals surface area contributed by atoms with Crippen LogP contribution in [0.4, 0.5) is 14.6 Å². The van der Waals surface area contributed by atoms with Gasteiger partial charge in [-0.25, -0.2) is 18.6 Å².